The molecule has 1 aliphatic heterocycles. The summed E-state index contributed by atoms with van der Waals surface area (Å²) in [5, 5.41) is 5.40. The first kappa shape index (κ1) is 29.1. The van der Waals surface area contributed by atoms with Crippen LogP contribution in [0.25, 0.3) is 0 Å². The second-order valence-corrected chi connectivity index (χ2v) is 10.3. The van der Waals surface area contributed by atoms with Crippen LogP contribution in [0, 0.1) is 23.4 Å². The third kappa shape index (κ3) is 7.61. The maximum absolute atomic E-state index is 14.2. The maximum Gasteiger partial charge on any atom is 0.328 e. The zero-order valence-electron chi connectivity index (χ0n) is 22.1. The molecule has 2 aromatic rings. The lowest BCUT2D eigenvalue weighted by Crippen LogP contribution is -2.53. The van der Waals surface area contributed by atoms with Gasteiger partial charge in [0, 0.05) is 37.4 Å². The minimum Gasteiger partial charge on any atom is -0.467 e. The van der Waals surface area contributed by atoms with Crippen molar-refractivity contribution in [3.05, 3.63) is 71.0 Å². The fraction of sp³-hybridized carbons (Fsp3) is 0.448. The summed E-state index contributed by atoms with van der Waals surface area (Å²) < 4.78 is 46.0. The van der Waals surface area contributed by atoms with E-state index in [2.05, 4.69) is 10.6 Å². The van der Waals surface area contributed by atoms with E-state index in [0.29, 0.717) is 18.4 Å². The number of hydrogen-bond acceptors (Lipinski definition) is 5. The zero-order chi connectivity index (χ0) is 28.8. The van der Waals surface area contributed by atoms with E-state index >= 15 is 0 Å². The Labute approximate surface area is 230 Å². The van der Waals surface area contributed by atoms with Crippen molar-refractivity contribution >= 4 is 23.7 Å². The Morgan fingerprint density at radius 2 is 1.73 bits per heavy atom. The second kappa shape index (κ2) is 13.0. The molecule has 0 spiro atoms. The van der Waals surface area contributed by atoms with Crippen molar-refractivity contribution in [3.63, 3.8) is 0 Å². The number of nitrogens with zero attached hydrogens (tertiary/aromatic N) is 1. The van der Waals surface area contributed by atoms with Crippen LogP contribution in [0.15, 0.2) is 42.5 Å². The van der Waals surface area contributed by atoms with Crippen molar-refractivity contribution in [1.82, 2.24) is 15.5 Å². The van der Waals surface area contributed by atoms with Crippen LogP contribution >= 0.6 is 0 Å². The van der Waals surface area contributed by atoms with E-state index in [4.69, 9.17) is 4.74 Å². The van der Waals surface area contributed by atoms with E-state index in [0.717, 1.165) is 18.9 Å². The van der Waals surface area contributed by atoms with Gasteiger partial charge in [0.1, 0.15) is 17.9 Å². The third-order valence-electron chi connectivity index (χ3n) is 7.32. The normalized spacial score (nSPS) is 18.2. The van der Waals surface area contributed by atoms with Gasteiger partial charge in [-0.1, -0.05) is 37.1 Å². The van der Waals surface area contributed by atoms with Crippen molar-refractivity contribution in [2.45, 2.75) is 69.6 Å². The molecule has 40 heavy (non-hydrogen) atoms. The molecular formula is C29H32F3N3O5. The second-order valence-electron chi connectivity index (χ2n) is 10.3. The number of nitrogens with one attached hydrogen (secondary N) is 2. The summed E-state index contributed by atoms with van der Waals surface area (Å²) in [6.45, 7) is -0.170. The third-order valence-corrected chi connectivity index (χ3v) is 7.32. The van der Waals surface area contributed by atoms with Crippen molar-refractivity contribution in [3.8, 4) is 0 Å². The molecule has 2 fully saturated rings. The molecule has 11 heteroatoms. The molecule has 1 saturated heterocycles. The lowest BCUT2D eigenvalue weighted by atomic mass is 10.0. The topological polar surface area (TPSA) is 105 Å². The number of carbonyl (C=O) groups excluding carboxylic acids is 4. The molecule has 0 unspecified atom stereocenters. The number of ether oxygens (including phenoxy) is 1. The average molecular weight is 560 g/mol. The standard InChI is InChI=1S/C29H32F3N3O5/c1-40-29(39)24(14-18-7-9-20(30)10-8-18)34-28(38)23(13-17-5-6-17)33-25(36)15-21-11-12-26(37)35(21)16-19-3-2-4-22(31)27(19)32/h2-4,7-10,17,21,23-24H,5-6,11-16H2,1H3,(H,33,36)(H,34,38)/t21-,23-,24-/m0/s1. The molecule has 2 aromatic carbocycles. The number of methoxy groups -OCH3 is 1. The van der Waals surface area contributed by atoms with Crippen molar-refractivity contribution in [2.24, 2.45) is 5.92 Å². The predicted octanol–water partition coefficient (Wildman–Crippen LogP) is 3.17. The van der Waals surface area contributed by atoms with Gasteiger partial charge in [-0.3, -0.25) is 14.4 Å². The Kier molecular flexibility index (Phi) is 9.44. The van der Waals surface area contributed by atoms with Crippen LogP contribution in [0.5, 0.6) is 0 Å². The molecule has 1 aliphatic carbocycles. The molecule has 0 radical (unpaired) electrons. The Hall–Kier alpha value is -3.89. The van der Waals surface area contributed by atoms with Gasteiger partial charge in [-0.25, -0.2) is 18.0 Å². The molecule has 0 bridgehead atoms. The van der Waals surface area contributed by atoms with Gasteiger partial charge in [0.25, 0.3) is 0 Å². The molecule has 2 aliphatic rings. The highest BCUT2D eigenvalue weighted by Gasteiger charge is 2.36. The SMILES string of the molecule is COC(=O)[C@H](Cc1ccc(F)cc1)NC(=O)[C@H](CC1CC1)NC(=O)C[C@@H]1CCC(=O)N1Cc1cccc(F)c1F. The Balaban J connectivity index is 1.40. The minimum absolute atomic E-state index is 0.0154. The van der Waals surface area contributed by atoms with E-state index in [-0.39, 0.29) is 43.2 Å². The monoisotopic (exact) mass is 559 g/mol. The first-order chi connectivity index (χ1) is 19.1. The van der Waals surface area contributed by atoms with Crippen LogP contribution in [0.4, 0.5) is 13.2 Å². The molecule has 1 saturated carbocycles. The lowest BCUT2D eigenvalue weighted by Gasteiger charge is -2.26. The van der Waals surface area contributed by atoms with Gasteiger partial charge in [-0.15, -0.1) is 0 Å². The minimum atomic E-state index is -1.05. The molecule has 214 valence electrons. The number of likely N-dealkylation sites (tertiary alicyclic amines) is 1. The van der Waals surface area contributed by atoms with Crippen molar-refractivity contribution in [2.75, 3.05) is 7.11 Å². The van der Waals surface area contributed by atoms with E-state index in [1.54, 1.807) is 0 Å². The van der Waals surface area contributed by atoms with Crippen LogP contribution in [-0.2, 0) is 36.9 Å². The molecule has 2 N–H and O–H groups in total. The van der Waals surface area contributed by atoms with Crippen LogP contribution in [0.3, 0.4) is 0 Å². The van der Waals surface area contributed by atoms with Crippen LogP contribution in [0.2, 0.25) is 0 Å². The van der Waals surface area contributed by atoms with Crippen LogP contribution in [0.1, 0.15) is 49.7 Å². The average Bonchev–Trinajstić information content (AvgIpc) is 3.69. The fourth-order valence-electron chi connectivity index (χ4n) is 4.93. The van der Waals surface area contributed by atoms with Gasteiger partial charge in [-0.2, -0.15) is 0 Å². The summed E-state index contributed by atoms with van der Waals surface area (Å²) in [7, 11) is 1.19. The molecule has 4 rings (SSSR count). The van der Waals surface area contributed by atoms with Gasteiger partial charge in [0.05, 0.1) is 7.11 Å². The Bertz CT molecular complexity index is 1250. The van der Waals surface area contributed by atoms with Crippen molar-refractivity contribution in [1.29, 1.82) is 0 Å². The summed E-state index contributed by atoms with van der Waals surface area (Å²) in [6, 6.07) is 6.73. The summed E-state index contributed by atoms with van der Waals surface area (Å²) in [5.41, 5.74) is 0.627. The first-order valence-corrected chi connectivity index (χ1v) is 13.3. The summed E-state index contributed by atoms with van der Waals surface area (Å²) in [6.07, 6.45) is 2.70. The number of halogens is 3. The smallest absolute Gasteiger partial charge is 0.328 e. The number of amides is 3. The highest BCUT2D eigenvalue weighted by Crippen LogP contribution is 2.34. The van der Waals surface area contributed by atoms with Gasteiger partial charge >= 0.3 is 5.97 Å². The van der Waals surface area contributed by atoms with Crippen molar-refractivity contribution < 1.29 is 37.1 Å². The summed E-state index contributed by atoms with van der Waals surface area (Å²) >= 11 is 0. The Morgan fingerprint density at radius 3 is 2.40 bits per heavy atom. The highest BCUT2D eigenvalue weighted by atomic mass is 19.2. The highest BCUT2D eigenvalue weighted by molar-refractivity contribution is 5.91. The molecule has 0 aromatic heterocycles. The molecule has 3 amide bonds. The maximum atomic E-state index is 14.2. The summed E-state index contributed by atoms with van der Waals surface area (Å²) in [5.74, 6) is -4.21. The number of hydrogen-bond donors (Lipinski definition) is 2. The number of esters is 1. The summed E-state index contributed by atoms with van der Waals surface area (Å²) in [4.78, 5) is 52.5. The predicted molar refractivity (Wildman–Crippen MR) is 138 cm³/mol. The first-order valence-electron chi connectivity index (χ1n) is 13.3. The number of carbonyl (C=O) groups is 4. The molecule has 1 heterocycles. The zero-order valence-corrected chi connectivity index (χ0v) is 22.1. The Morgan fingerprint density at radius 1 is 1.00 bits per heavy atom. The molecule has 3 atom stereocenters. The van der Waals surface area contributed by atoms with E-state index in [1.807, 2.05) is 0 Å². The largest absolute Gasteiger partial charge is 0.467 e. The van der Waals surface area contributed by atoms with Gasteiger partial charge in [-0.05, 0) is 42.5 Å². The van der Waals surface area contributed by atoms with Crippen LogP contribution < -0.4 is 10.6 Å². The number of rotatable bonds is 12. The quantitative estimate of drug-likeness (QED) is 0.389. The van der Waals surface area contributed by atoms with E-state index < -0.39 is 53.4 Å². The van der Waals surface area contributed by atoms with Gasteiger partial charge in [0.15, 0.2) is 11.6 Å². The van der Waals surface area contributed by atoms with Gasteiger partial charge < -0.3 is 20.3 Å². The van der Waals surface area contributed by atoms with Gasteiger partial charge in [0.2, 0.25) is 17.7 Å². The number of benzene rings is 2. The van der Waals surface area contributed by atoms with E-state index in [9.17, 15) is 32.3 Å². The fourth-order valence-corrected chi connectivity index (χ4v) is 4.93. The van der Waals surface area contributed by atoms with E-state index in [1.165, 1.54) is 48.4 Å². The van der Waals surface area contributed by atoms with Crippen LogP contribution in [-0.4, -0.2) is 53.8 Å². The molecule has 8 nitrogen and oxygen atoms in total. The lowest BCUT2D eigenvalue weighted by molar-refractivity contribution is -0.145. The molecular weight excluding hydrogens is 527 g/mol.